The highest BCUT2D eigenvalue weighted by atomic mass is 19.3. The lowest BCUT2D eigenvalue weighted by Gasteiger charge is -2.20. The van der Waals surface area contributed by atoms with E-state index in [0.29, 0.717) is 5.92 Å². The number of Topliss-reactive ketones (excluding diaryl/α,β-unsaturated/α-hetero) is 1. The van der Waals surface area contributed by atoms with Crippen LogP contribution in [0.3, 0.4) is 0 Å². The van der Waals surface area contributed by atoms with E-state index in [1.165, 1.54) is 18.2 Å². The number of carbonyl (C=O) groups is 1. The van der Waals surface area contributed by atoms with E-state index in [0.717, 1.165) is 12.1 Å². The Labute approximate surface area is 89.1 Å². The summed E-state index contributed by atoms with van der Waals surface area (Å²) in [5.41, 5.74) is -0.512. The lowest BCUT2D eigenvalue weighted by molar-refractivity contribution is -0.140. The van der Waals surface area contributed by atoms with E-state index in [1.807, 2.05) is 0 Å². The van der Waals surface area contributed by atoms with Crippen LogP contribution in [0.25, 0.3) is 0 Å². The van der Waals surface area contributed by atoms with Gasteiger partial charge in [0.25, 0.3) is 0 Å². The minimum Gasteiger partial charge on any atom is -0.287 e. The van der Waals surface area contributed by atoms with Crippen LogP contribution in [0.15, 0.2) is 30.3 Å². The Balaban J connectivity index is 3.13. The molecule has 16 heavy (non-hydrogen) atoms. The van der Waals surface area contributed by atoms with Gasteiger partial charge in [-0.2, -0.15) is 17.6 Å². The topological polar surface area (TPSA) is 17.1 Å². The molecule has 0 radical (unpaired) electrons. The van der Waals surface area contributed by atoms with Crippen molar-refractivity contribution in [3.05, 3.63) is 35.9 Å². The summed E-state index contributed by atoms with van der Waals surface area (Å²) < 4.78 is 51.4. The standard InChI is InChI=1S/C11H6F4O/c1-2-10(12,13)11(14,15)9(16)8-6-4-3-5-7-8/h1,3-7H. The summed E-state index contributed by atoms with van der Waals surface area (Å²) in [6, 6.07) is 6.08. The van der Waals surface area contributed by atoms with Crippen molar-refractivity contribution in [2.45, 2.75) is 11.8 Å². The summed E-state index contributed by atoms with van der Waals surface area (Å²) >= 11 is 0. The van der Waals surface area contributed by atoms with Crippen LogP contribution in [-0.2, 0) is 0 Å². The predicted molar refractivity (Wildman–Crippen MR) is 49.5 cm³/mol. The van der Waals surface area contributed by atoms with Gasteiger partial charge in [-0.25, -0.2) is 0 Å². The van der Waals surface area contributed by atoms with E-state index in [9.17, 15) is 22.4 Å². The molecule has 0 aliphatic rings. The first-order chi connectivity index (χ1) is 7.33. The van der Waals surface area contributed by atoms with E-state index >= 15 is 0 Å². The maximum Gasteiger partial charge on any atom is 0.383 e. The molecule has 0 aliphatic heterocycles. The average molecular weight is 230 g/mol. The first kappa shape index (κ1) is 12.2. The zero-order valence-electron chi connectivity index (χ0n) is 7.88. The molecule has 0 spiro atoms. The van der Waals surface area contributed by atoms with Crippen LogP contribution >= 0.6 is 0 Å². The summed E-state index contributed by atoms with van der Waals surface area (Å²) in [4.78, 5) is 11.1. The molecule has 0 bridgehead atoms. The van der Waals surface area contributed by atoms with Crippen LogP contribution in [0, 0.1) is 12.3 Å². The van der Waals surface area contributed by atoms with Gasteiger partial charge < -0.3 is 0 Å². The van der Waals surface area contributed by atoms with Gasteiger partial charge in [-0.3, -0.25) is 4.79 Å². The van der Waals surface area contributed by atoms with Crippen molar-refractivity contribution in [2.24, 2.45) is 0 Å². The summed E-state index contributed by atoms with van der Waals surface area (Å²) in [6.07, 6.45) is 4.28. The second-order valence-electron chi connectivity index (χ2n) is 2.99. The van der Waals surface area contributed by atoms with Gasteiger partial charge in [-0.15, -0.1) is 6.42 Å². The van der Waals surface area contributed by atoms with Crippen molar-refractivity contribution in [1.29, 1.82) is 0 Å². The molecule has 84 valence electrons. The van der Waals surface area contributed by atoms with Crippen molar-refractivity contribution < 1.29 is 22.4 Å². The Morgan fingerprint density at radius 1 is 1.12 bits per heavy atom. The maximum absolute atomic E-state index is 13.0. The number of alkyl halides is 4. The van der Waals surface area contributed by atoms with Gasteiger partial charge in [0.2, 0.25) is 5.78 Å². The molecule has 1 nitrogen and oxygen atoms in total. The largest absolute Gasteiger partial charge is 0.383 e. The number of hydrogen-bond donors (Lipinski definition) is 0. The molecule has 0 heterocycles. The molecular weight excluding hydrogens is 224 g/mol. The van der Waals surface area contributed by atoms with Crippen LogP contribution in [0.1, 0.15) is 10.4 Å². The summed E-state index contributed by atoms with van der Waals surface area (Å²) in [6.45, 7) is 0. The molecule has 5 heteroatoms. The fourth-order valence-electron chi connectivity index (χ4n) is 1.00. The Bertz CT molecular complexity index is 431. The Hall–Kier alpha value is -1.83. The van der Waals surface area contributed by atoms with Crippen molar-refractivity contribution >= 4 is 5.78 Å². The molecule has 0 fully saturated rings. The van der Waals surface area contributed by atoms with Gasteiger partial charge in [0, 0.05) is 5.56 Å². The molecule has 0 unspecified atom stereocenters. The van der Waals surface area contributed by atoms with Crippen LogP contribution in [-0.4, -0.2) is 17.6 Å². The van der Waals surface area contributed by atoms with Crippen molar-refractivity contribution in [1.82, 2.24) is 0 Å². The number of ketones is 1. The van der Waals surface area contributed by atoms with Crippen LogP contribution in [0.5, 0.6) is 0 Å². The van der Waals surface area contributed by atoms with Gasteiger partial charge in [0.05, 0.1) is 0 Å². The number of benzene rings is 1. The maximum atomic E-state index is 13.0. The fourth-order valence-corrected chi connectivity index (χ4v) is 1.00. The number of hydrogen-bond acceptors (Lipinski definition) is 1. The minimum atomic E-state index is -4.90. The molecular formula is C11H6F4O. The molecule has 0 atom stereocenters. The summed E-state index contributed by atoms with van der Waals surface area (Å²) in [5.74, 6) is -11.1. The fraction of sp³-hybridized carbons (Fsp3) is 0.182. The highest BCUT2D eigenvalue weighted by molar-refractivity contribution is 6.02. The summed E-state index contributed by atoms with van der Waals surface area (Å²) in [7, 11) is 0. The average Bonchev–Trinajstić information content (AvgIpc) is 2.29. The number of terminal acetylenes is 1. The second-order valence-corrected chi connectivity index (χ2v) is 2.99. The number of rotatable bonds is 3. The van der Waals surface area contributed by atoms with Crippen molar-refractivity contribution in [3.8, 4) is 12.3 Å². The minimum absolute atomic E-state index is 0.512. The Morgan fingerprint density at radius 2 is 1.62 bits per heavy atom. The van der Waals surface area contributed by atoms with E-state index in [4.69, 9.17) is 0 Å². The third kappa shape index (κ3) is 1.91. The normalized spacial score (nSPS) is 11.9. The Kier molecular flexibility index (Phi) is 3.04. The first-order valence-corrected chi connectivity index (χ1v) is 4.16. The third-order valence-corrected chi connectivity index (χ3v) is 1.90. The highest BCUT2D eigenvalue weighted by Gasteiger charge is 2.60. The van der Waals surface area contributed by atoms with E-state index < -0.39 is 23.2 Å². The molecule has 0 aliphatic carbocycles. The van der Waals surface area contributed by atoms with Gasteiger partial charge in [-0.1, -0.05) is 30.3 Å². The molecule has 0 saturated heterocycles. The quantitative estimate of drug-likeness (QED) is 0.443. The second kappa shape index (κ2) is 3.97. The SMILES string of the molecule is C#CC(F)(F)C(F)(F)C(=O)c1ccccc1. The molecule has 0 N–H and O–H groups in total. The number of halogens is 4. The Morgan fingerprint density at radius 3 is 2.06 bits per heavy atom. The molecule has 0 aromatic heterocycles. The van der Waals surface area contributed by atoms with Gasteiger partial charge >= 0.3 is 11.8 Å². The molecule has 0 saturated carbocycles. The van der Waals surface area contributed by atoms with Gasteiger partial charge in [-0.05, 0) is 5.92 Å². The smallest absolute Gasteiger partial charge is 0.287 e. The third-order valence-electron chi connectivity index (χ3n) is 1.90. The monoisotopic (exact) mass is 230 g/mol. The zero-order chi connectivity index (χ0) is 12.4. The number of carbonyl (C=O) groups excluding carboxylic acids is 1. The highest BCUT2D eigenvalue weighted by Crippen LogP contribution is 2.36. The van der Waals surface area contributed by atoms with Crippen LogP contribution in [0.4, 0.5) is 17.6 Å². The molecule has 1 aromatic carbocycles. The van der Waals surface area contributed by atoms with Gasteiger partial charge in [0.1, 0.15) is 0 Å². The van der Waals surface area contributed by atoms with E-state index in [-0.39, 0.29) is 0 Å². The summed E-state index contributed by atoms with van der Waals surface area (Å²) in [5, 5.41) is 0. The lowest BCUT2D eigenvalue weighted by atomic mass is 10.0. The van der Waals surface area contributed by atoms with Gasteiger partial charge in [0.15, 0.2) is 0 Å². The van der Waals surface area contributed by atoms with Crippen molar-refractivity contribution in [2.75, 3.05) is 0 Å². The predicted octanol–water partition coefficient (Wildman–Crippen LogP) is 2.77. The van der Waals surface area contributed by atoms with E-state index in [1.54, 1.807) is 0 Å². The molecule has 1 aromatic rings. The zero-order valence-corrected chi connectivity index (χ0v) is 7.88. The van der Waals surface area contributed by atoms with Crippen LogP contribution in [0.2, 0.25) is 0 Å². The van der Waals surface area contributed by atoms with Crippen LogP contribution < -0.4 is 0 Å². The van der Waals surface area contributed by atoms with E-state index in [2.05, 4.69) is 6.42 Å². The van der Waals surface area contributed by atoms with Crippen molar-refractivity contribution in [3.63, 3.8) is 0 Å². The lowest BCUT2D eigenvalue weighted by Crippen LogP contribution is -2.46. The molecule has 1 rings (SSSR count). The first-order valence-electron chi connectivity index (χ1n) is 4.16. The molecule has 0 amide bonds.